The van der Waals surface area contributed by atoms with Crippen LogP contribution in [0.15, 0.2) is 103 Å². The quantitative estimate of drug-likeness (QED) is 0.127. The van der Waals surface area contributed by atoms with Crippen molar-refractivity contribution < 1.29 is 32.8 Å². The highest BCUT2D eigenvalue weighted by atomic mass is 28.4. The average Bonchev–Trinajstić information content (AvgIpc) is 3.25. The van der Waals surface area contributed by atoms with E-state index in [-0.39, 0.29) is 47.8 Å². The van der Waals surface area contributed by atoms with E-state index in [1.165, 1.54) is 0 Å². The molecule has 0 radical (unpaired) electrons. The largest absolute Gasteiger partial charge is 0.490 e. The Labute approximate surface area is 325 Å². The molecule has 0 bridgehead atoms. The highest BCUT2D eigenvalue weighted by molar-refractivity contribution is 6.74. The summed E-state index contributed by atoms with van der Waals surface area (Å²) in [4.78, 5) is 0. The van der Waals surface area contributed by atoms with Gasteiger partial charge in [-0.1, -0.05) is 125 Å². The fourth-order valence-corrected chi connectivity index (χ4v) is 9.14. The summed E-state index contributed by atoms with van der Waals surface area (Å²) in [6.07, 6.45) is 2.02. The van der Waals surface area contributed by atoms with Crippen molar-refractivity contribution in [1.29, 1.82) is 0 Å². The number of hydrogen-bond acceptors (Lipinski definition) is 7. The van der Waals surface area contributed by atoms with E-state index in [4.69, 9.17) is 32.8 Å². The molecule has 1 unspecified atom stereocenters. The van der Waals surface area contributed by atoms with E-state index in [2.05, 4.69) is 115 Å². The second-order valence-corrected chi connectivity index (χ2v) is 22.2. The van der Waals surface area contributed by atoms with E-state index < -0.39 is 13.9 Å². The van der Waals surface area contributed by atoms with Gasteiger partial charge in [0.1, 0.15) is 23.6 Å². The molecular weight excluding hydrogens is 693 g/mol. The number of ether oxygens (including phenoxy) is 6. The third-order valence-corrected chi connectivity index (χ3v) is 16.6. The zero-order valence-corrected chi connectivity index (χ0v) is 34.7. The molecule has 3 aliphatic rings. The summed E-state index contributed by atoms with van der Waals surface area (Å²) in [5.74, 6) is 1.05. The van der Waals surface area contributed by atoms with E-state index in [0.717, 1.165) is 29.5 Å². The molecule has 0 N–H and O–H groups in total. The predicted molar refractivity (Wildman–Crippen MR) is 216 cm³/mol. The van der Waals surface area contributed by atoms with Crippen LogP contribution in [0, 0.1) is 5.92 Å². The van der Waals surface area contributed by atoms with Crippen LogP contribution in [0.5, 0.6) is 0 Å². The van der Waals surface area contributed by atoms with E-state index in [9.17, 15) is 0 Å². The molecule has 0 aliphatic carbocycles. The Morgan fingerprint density at radius 3 is 1.93 bits per heavy atom. The maximum atomic E-state index is 7.32. The summed E-state index contributed by atoms with van der Waals surface area (Å²) < 4.78 is 48.3. The molecule has 3 fully saturated rings. The Morgan fingerprint density at radius 1 is 0.759 bits per heavy atom. The molecule has 9 atom stereocenters. The second-order valence-electron chi connectivity index (χ2n) is 17.5. The first-order valence-corrected chi connectivity index (χ1v) is 23.0. The van der Waals surface area contributed by atoms with Crippen LogP contribution in [-0.4, -0.2) is 63.3 Å². The summed E-state index contributed by atoms with van der Waals surface area (Å²) in [6.45, 7) is 22.4. The van der Waals surface area contributed by atoms with Crippen LogP contribution in [0.2, 0.25) is 18.1 Å². The summed E-state index contributed by atoms with van der Waals surface area (Å²) in [7, 11) is -2.07. The van der Waals surface area contributed by atoms with Crippen molar-refractivity contribution in [3.8, 4) is 0 Å². The fraction of sp³-hybridized carbons (Fsp3) is 0.565. The van der Waals surface area contributed by atoms with Gasteiger partial charge in [-0.05, 0) is 66.9 Å². The van der Waals surface area contributed by atoms with Gasteiger partial charge in [0, 0.05) is 19.4 Å². The number of hydrogen-bond donors (Lipinski definition) is 0. The molecule has 3 heterocycles. The molecule has 8 heteroatoms. The number of fused-ring (bicyclic) bond motifs is 2. The van der Waals surface area contributed by atoms with Crippen LogP contribution in [-0.2, 0) is 52.7 Å². The molecule has 54 heavy (non-hydrogen) atoms. The molecule has 0 saturated carbocycles. The van der Waals surface area contributed by atoms with Gasteiger partial charge < -0.3 is 32.8 Å². The first-order valence-electron chi connectivity index (χ1n) is 20.1. The summed E-state index contributed by atoms with van der Waals surface area (Å²) in [5.41, 5.74) is 2.65. The molecule has 0 amide bonds. The minimum atomic E-state index is -2.07. The Kier molecular flexibility index (Phi) is 13.6. The maximum Gasteiger partial charge on any atom is 0.193 e. The van der Waals surface area contributed by atoms with Gasteiger partial charge in [-0.15, -0.1) is 0 Å². The minimum Gasteiger partial charge on any atom is -0.490 e. The van der Waals surface area contributed by atoms with Crippen molar-refractivity contribution in [2.24, 2.45) is 5.92 Å². The predicted octanol–water partition coefficient (Wildman–Crippen LogP) is 10.2. The van der Waals surface area contributed by atoms with Crippen LogP contribution in [0.25, 0.3) is 0 Å². The van der Waals surface area contributed by atoms with Crippen molar-refractivity contribution in [1.82, 2.24) is 0 Å². The summed E-state index contributed by atoms with van der Waals surface area (Å²) in [5, 5.41) is 0.0824. The van der Waals surface area contributed by atoms with Crippen LogP contribution in [0.4, 0.5) is 0 Å². The lowest BCUT2D eigenvalue weighted by atomic mass is 9.80. The molecule has 294 valence electrons. The van der Waals surface area contributed by atoms with Gasteiger partial charge in [0.15, 0.2) is 8.32 Å². The highest BCUT2D eigenvalue weighted by Crippen LogP contribution is 2.46. The molecule has 3 aromatic carbocycles. The maximum absolute atomic E-state index is 7.32. The van der Waals surface area contributed by atoms with Gasteiger partial charge in [-0.25, -0.2) is 0 Å². The monoisotopic (exact) mass is 756 g/mol. The minimum absolute atomic E-state index is 0.0824. The SMILES string of the molecule is C=C1O[C@H]2C[C@H]3OC(CCOCc4ccccc4)[C@H](OCc4ccccc4)C[C@@H](OCc4ccccc4)[C@]3(C)O[C@@H]2C[C@H](C)C[C@@H]1O[Si](C)(C)C(C)(C)C. The van der Waals surface area contributed by atoms with Gasteiger partial charge in [0.2, 0.25) is 0 Å². The van der Waals surface area contributed by atoms with Crippen molar-refractivity contribution >= 4 is 8.32 Å². The lowest BCUT2D eigenvalue weighted by Gasteiger charge is -2.51. The van der Waals surface area contributed by atoms with Crippen molar-refractivity contribution in [3.05, 3.63) is 120 Å². The third-order valence-electron chi connectivity index (χ3n) is 12.2. The Morgan fingerprint density at radius 2 is 1.33 bits per heavy atom. The molecule has 7 nitrogen and oxygen atoms in total. The molecule has 0 spiro atoms. The first kappa shape index (κ1) is 40.8. The molecule has 6 rings (SSSR count). The molecule has 3 saturated heterocycles. The van der Waals surface area contributed by atoms with E-state index in [1.807, 2.05) is 30.3 Å². The van der Waals surface area contributed by atoms with Crippen molar-refractivity contribution in [2.45, 2.75) is 153 Å². The van der Waals surface area contributed by atoms with E-state index in [0.29, 0.717) is 57.4 Å². The van der Waals surface area contributed by atoms with Gasteiger partial charge >= 0.3 is 0 Å². The summed E-state index contributed by atoms with van der Waals surface area (Å²) in [6, 6.07) is 31.0. The van der Waals surface area contributed by atoms with Crippen LogP contribution < -0.4 is 0 Å². The van der Waals surface area contributed by atoms with Crippen LogP contribution in [0.3, 0.4) is 0 Å². The Bertz CT molecular complexity index is 1600. The van der Waals surface area contributed by atoms with Crippen molar-refractivity contribution in [2.75, 3.05) is 6.61 Å². The van der Waals surface area contributed by atoms with E-state index in [1.54, 1.807) is 0 Å². The van der Waals surface area contributed by atoms with Gasteiger partial charge in [0.05, 0.1) is 50.3 Å². The molecule has 0 aromatic heterocycles. The molecule has 3 aliphatic heterocycles. The zero-order chi connectivity index (χ0) is 38.3. The third kappa shape index (κ3) is 10.3. The zero-order valence-electron chi connectivity index (χ0n) is 33.7. The second kappa shape index (κ2) is 18.0. The summed E-state index contributed by atoms with van der Waals surface area (Å²) >= 11 is 0. The van der Waals surface area contributed by atoms with Crippen LogP contribution >= 0.6 is 0 Å². The van der Waals surface area contributed by atoms with E-state index >= 15 is 0 Å². The Balaban J connectivity index is 1.27. The smallest absolute Gasteiger partial charge is 0.193 e. The lowest BCUT2D eigenvalue weighted by molar-refractivity contribution is -0.277. The van der Waals surface area contributed by atoms with Gasteiger partial charge in [0.25, 0.3) is 0 Å². The molecular formula is C46H64O7Si. The number of rotatable bonds is 13. The Hall–Kier alpha value is -2.82. The highest BCUT2D eigenvalue weighted by Gasteiger charge is 2.57. The van der Waals surface area contributed by atoms with Crippen molar-refractivity contribution in [3.63, 3.8) is 0 Å². The topological polar surface area (TPSA) is 64.6 Å². The first-order chi connectivity index (χ1) is 25.8. The standard InChI is InChI=1S/C46H64O7Si/c1-33-26-39(53-54(7,8)45(3,4)5)34(2)50-41-29-44-46(6,52-42(41)27-33)43(49-32-37-22-16-11-17-23-37)28-40(48-31-36-20-14-10-15-21-36)38(51-44)24-25-47-30-35-18-12-9-13-19-35/h9-23,33,38-44H,2,24-32H2,1,3-8H3/t33-,38?,39+,40-,41+,42-,43-,44-,46+/m1/s1. The number of benzene rings is 3. The average molecular weight is 757 g/mol. The van der Waals surface area contributed by atoms with Gasteiger partial charge in [-0.3, -0.25) is 0 Å². The van der Waals surface area contributed by atoms with Gasteiger partial charge in [-0.2, -0.15) is 0 Å². The normalized spacial score (nSPS) is 30.6. The fourth-order valence-electron chi connectivity index (χ4n) is 7.85. The lowest BCUT2D eigenvalue weighted by Crippen LogP contribution is -2.62. The van der Waals surface area contributed by atoms with Crippen LogP contribution in [0.1, 0.15) is 83.4 Å². The molecule has 3 aromatic rings.